The summed E-state index contributed by atoms with van der Waals surface area (Å²) in [6.07, 6.45) is -1.18. The summed E-state index contributed by atoms with van der Waals surface area (Å²) in [6, 6.07) is 6.14. The lowest BCUT2D eigenvalue weighted by atomic mass is 10.3. The Kier molecular flexibility index (Phi) is 4.64. The molecule has 0 bridgehead atoms. The highest BCUT2D eigenvalue weighted by atomic mass is 32.2. The first-order chi connectivity index (χ1) is 9.45. The van der Waals surface area contributed by atoms with Gasteiger partial charge in [0.25, 0.3) is 0 Å². The third-order valence-electron chi connectivity index (χ3n) is 3.16. The minimum Gasteiger partial charge on any atom is -0.494 e. The summed E-state index contributed by atoms with van der Waals surface area (Å²) in [5, 5.41) is 18.9. The zero-order chi connectivity index (χ0) is 14.8. The summed E-state index contributed by atoms with van der Waals surface area (Å²) >= 11 is 0. The van der Waals surface area contributed by atoms with Crippen molar-refractivity contribution in [2.24, 2.45) is 0 Å². The van der Waals surface area contributed by atoms with Crippen LogP contribution in [0.4, 0.5) is 0 Å². The first-order valence-electron chi connectivity index (χ1n) is 6.54. The van der Waals surface area contributed by atoms with Gasteiger partial charge >= 0.3 is 0 Å². The molecule has 7 heteroatoms. The van der Waals surface area contributed by atoms with Crippen LogP contribution in [-0.2, 0) is 10.0 Å². The Balaban J connectivity index is 2.14. The topological polar surface area (TPSA) is 87.1 Å². The normalized spacial score (nSPS) is 23.9. The molecule has 112 valence electrons. The van der Waals surface area contributed by atoms with Gasteiger partial charge in [-0.05, 0) is 30.7 Å². The van der Waals surface area contributed by atoms with Crippen LogP contribution < -0.4 is 4.74 Å². The average Bonchev–Trinajstić information content (AvgIpc) is 2.77. The highest BCUT2D eigenvalue weighted by Gasteiger charge is 2.37. The zero-order valence-corrected chi connectivity index (χ0v) is 12.1. The SMILES string of the molecule is CCCOc1ccc(S(=O)(=O)N2CC(O)C(O)C2)cc1. The van der Waals surface area contributed by atoms with Crippen molar-refractivity contribution in [2.45, 2.75) is 30.4 Å². The Hall–Kier alpha value is -1.15. The lowest BCUT2D eigenvalue weighted by Crippen LogP contribution is -2.29. The molecule has 2 atom stereocenters. The van der Waals surface area contributed by atoms with Crippen molar-refractivity contribution in [3.05, 3.63) is 24.3 Å². The van der Waals surface area contributed by atoms with Crippen LogP contribution in [0.3, 0.4) is 0 Å². The number of hydrogen-bond donors (Lipinski definition) is 2. The lowest BCUT2D eigenvalue weighted by Gasteiger charge is -2.15. The van der Waals surface area contributed by atoms with Crippen molar-refractivity contribution in [1.29, 1.82) is 0 Å². The minimum absolute atomic E-state index is 0.0857. The van der Waals surface area contributed by atoms with E-state index >= 15 is 0 Å². The smallest absolute Gasteiger partial charge is 0.243 e. The molecule has 1 aromatic rings. The van der Waals surface area contributed by atoms with Crippen molar-refractivity contribution in [3.8, 4) is 5.75 Å². The summed E-state index contributed by atoms with van der Waals surface area (Å²) in [7, 11) is -3.68. The van der Waals surface area contributed by atoms with Gasteiger partial charge in [-0.15, -0.1) is 0 Å². The number of ether oxygens (including phenoxy) is 1. The molecule has 2 unspecified atom stereocenters. The van der Waals surface area contributed by atoms with Crippen LogP contribution in [0, 0.1) is 0 Å². The highest BCUT2D eigenvalue weighted by molar-refractivity contribution is 7.89. The van der Waals surface area contributed by atoms with Gasteiger partial charge in [-0.1, -0.05) is 6.92 Å². The number of aliphatic hydroxyl groups is 2. The number of hydrogen-bond acceptors (Lipinski definition) is 5. The standard InChI is InChI=1S/C13H19NO5S/c1-2-7-19-10-3-5-11(6-4-10)20(17,18)14-8-12(15)13(16)9-14/h3-6,12-13,15-16H,2,7-9H2,1H3. The third kappa shape index (κ3) is 3.12. The van der Waals surface area contributed by atoms with E-state index in [9.17, 15) is 18.6 Å². The van der Waals surface area contributed by atoms with Gasteiger partial charge in [0.05, 0.1) is 23.7 Å². The number of benzene rings is 1. The maximum absolute atomic E-state index is 12.3. The molecular formula is C13H19NO5S. The summed E-state index contributed by atoms with van der Waals surface area (Å²) < 4.78 is 31.1. The number of aliphatic hydroxyl groups excluding tert-OH is 2. The van der Waals surface area contributed by atoms with E-state index in [0.29, 0.717) is 12.4 Å². The second-order valence-electron chi connectivity index (χ2n) is 4.78. The Morgan fingerprint density at radius 2 is 1.75 bits per heavy atom. The van der Waals surface area contributed by atoms with Gasteiger partial charge in [0.15, 0.2) is 0 Å². The molecule has 6 nitrogen and oxygen atoms in total. The predicted molar refractivity (Wildman–Crippen MR) is 73.0 cm³/mol. The minimum atomic E-state index is -3.68. The van der Waals surface area contributed by atoms with Crippen LogP contribution in [-0.4, -0.2) is 54.8 Å². The molecule has 2 N–H and O–H groups in total. The van der Waals surface area contributed by atoms with Gasteiger partial charge in [0, 0.05) is 13.1 Å². The number of sulfonamides is 1. The summed E-state index contributed by atoms with van der Waals surface area (Å²) in [4.78, 5) is 0.127. The van der Waals surface area contributed by atoms with Gasteiger partial charge < -0.3 is 14.9 Å². The van der Waals surface area contributed by atoms with Crippen molar-refractivity contribution in [3.63, 3.8) is 0 Å². The molecule has 0 radical (unpaired) electrons. The third-order valence-corrected chi connectivity index (χ3v) is 5.01. The molecule has 1 aliphatic heterocycles. The van der Waals surface area contributed by atoms with E-state index in [2.05, 4.69) is 0 Å². The zero-order valence-electron chi connectivity index (χ0n) is 11.3. The van der Waals surface area contributed by atoms with E-state index in [1.165, 1.54) is 12.1 Å². The van der Waals surface area contributed by atoms with Crippen molar-refractivity contribution >= 4 is 10.0 Å². The van der Waals surface area contributed by atoms with Gasteiger partial charge in [-0.2, -0.15) is 4.31 Å². The molecule has 0 aromatic heterocycles. The van der Waals surface area contributed by atoms with Gasteiger partial charge in [0.1, 0.15) is 5.75 Å². The Bertz CT molecular complexity index is 532. The van der Waals surface area contributed by atoms with Crippen LogP contribution in [0.5, 0.6) is 5.75 Å². The van der Waals surface area contributed by atoms with Gasteiger partial charge in [-0.25, -0.2) is 8.42 Å². The fraction of sp³-hybridized carbons (Fsp3) is 0.538. The average molecular weight is 301 g/mol. The van der Waals surface area contributed by atoms with E-state index in [-0.39, 0.29) is 18.0 Å². The second kappa shape index (κ2) is 6.09. The highest BCUT2D eigenvalue weighted by Crippen LogP contribution is 2.23. The predicted octanol–water partition coefficient (Wildman–Crippen LogP) is 0.202. The molecule has 1 aliphatic rings. The van der Waals surface area contributed by atoms with Crippen molar-refractivity contribution in [1.82, 2.24) is 4.31 Å². The van der Waals surface area contributed by atoms with Gasteiger partial charge in [0.2, 0.25) is 10.0 Å². The van der Waals surface area contributed by atoms with Crippen LogP contribution >= 0.6 is 0 Å². The molecule has 1 heterocycles. The van der Waals surface area contributed by atoms with Crippen LogP contribution in [0.2, 0.25) is 0 Å². The molecule has 1 fully saturated rings. The van der Waals surface area contributed by atoms with Crippen LogP contribution in [0.1, 0.15) is 13.3 Å². The fourth-order valence-electron chi connectivity index (χ4n) is 2.01. The van der Waals surface area contributed by atoms with Gasteiger partial charge in [-0.3, -0.25) is 0 Å². The molecule has 0 spiro atoms. The summed E-state index contributed by atoms with van der Waals surface area (Å²) in [6.45, 7) is 2.40. The summed E-state index contributed by atoms with van der Waals surface area (Å²) in [5.41, 5.74) is 0. The molecule has 0 aliphatic carbocycles. The maximum atomic E-state index is 12.3. The first kappa shape index (κ1) is 15.2. The van der Waals surface area contributed by atoms with E-state index in [0.717, 1.165) is 10.7 Å². The largest absolute Gasteiger partial charge is 0.494 e. The van der Waals surface area contributed by atoms with E-state index in [1.807, 2.05) is 6.92 Å². The Morgan fingerprint density at radius 1 is 1.20 bits per heavy atom. The van der Waals surface area contributed by atoms with E-state index in [4.69, 9.17) is 4.74 Å². The molecule has 2 rings (SSSR count). The quantitative estimate of drug-likeness (QED) is 0.811. The Labute approximate surface area is 118 Å². The first-order valence-corrected chi connectivity index (χ1v) is 7.98. The van der Waals surface area contributed by atoms with E-state index in [1.54, 1.807) is 12.1 Å². The Morgan fingerprint density at radius 3 is 2.25 bits per heavy atom. The lowest BCUT2D eigenvalue weighted by molar-refractivity contribution is 0.0572. The molecular weight excluding hydrogens is 282 g/mol. The second-order valence-corrected chi connectivity index (χ2v) is 6.71. The fourth-order valence-corrected chi connectivity index (χ4v) is 3.48. The van der Waals surface area contributed by atoms with E-state index < -0.39 is 22.2 Å². The molecule has 1 aromatic carbocycles. The molecule has 0 amide bonds. The number of β-amino-alcohol motifs (C(OH)–C–C–N with tert-alkyl or cyclic N) is 2. The van der Waals surface area contributed by atoms with Crippen molar-refractivity contribution < 1.29 is 23.4 Å². The molecule has 0 saturated carbocycles. The monoisotopic (exact) mass is 301 g/mol. The number of nitrogens with zero attached hydrogens (tertiary/aromatic N) is 1. The van der Waals surface area contributed by atoms with Crippen LogP contribution in [0.15, 0.2) is 29.2 Å². The van der Waals surface area contributed by atoms with Crippen LogP contribution in [0.25, 0.3) is 0 Å². The molecule has 20 heavy (non-hydrogen) atoms. The number of rotatable bonds is 5. The van der Waals surface area contributed by atoms with Crippen molar-refractivity contribution in [2.75, 3.05) is 19.7 Å². The molecule has 1 saturated heterocycles. The maximum Gasteiger partial charge on any atom is 0.243 e. The summed E-state index contributed by atoms with van der Waals surface area (Å²) in [5.74, 6) is 0.618.